The summed E-state index contributed by atoms with van der Waals surface area (Å²) in [5.41, 5.74) is 1.75. The van der Waals surface area contributed by atoms with E-state index < -0.39 is 12.1 Å². The number of ketones is 1. The van der Waals surface area contributed by atoms with Gasteiger partial charge in [0.15, 0.2) is 5.78 Å². The predicted octanol–water partition coefficient (Wildman–Crippen LogP) is 3.36. The average molecular weight is 499 g/mol. The number of likely N-dealkylation sites (N-methyl/N-ethyl adjacent to an activating group) is 1. The van der Waals surface area contributed by atoms with Gasteiger partial charge in [-0.2, -0.15) is 0 Å². The van der Waals surface area contributed by atoms with Gasteiger partial charge in [-0.15, -0.1) is 11.8 Å². The molecular formula is C27H38N4O3S. The van der Waals surface area contributed by atoms with E-state index >= 15 is 0 Å². The Balaban J connectivity index is 1.50. The Kier molecular flexibility index (Phi) is 8.65. The lowest BCUT2D eigenvalue weighted by Crippen LogP contribution is -2.57. The van der Waals surface area contributed by atoms with Crippen molar-refractivity contribution >= 4 is 34.4 Å². The van der Waals surface area contributed by atoms with E-state index in [1.807, 2.05) is 43.0 Å². The monoisotopic (exact) mass is 498 g/mol. The summed E-state index contributed by atoms with van der Waals surface area (Å²) in [5.74, 6) is 0.694. The molecule has 1 aromatic rings. The van der Waals surface area contributed by atoms with Gasteiger partial charge in [-0.3, -0.25) is 19.4 Å². The van der Waals surface area contributed by atoms with Crippen molar-refractivity contribution in [3.63, 3.8) is 0 Å². The van der Waals surface area contributed by atoms with Crippen LogP contribution < -0.4 is 10.6 Å². The molecule has 1 aliphatic carbocycles. The molecule has 2 unspecified atom stereocenters. The van der Waals surface area contributed by atoms with E-state index in [1.165, 1.54) is 6.42 Å². The number of nitrogens with one attached hydrogen (secondary N) is 2. The first-order valence-electron chi connectivity index (χ1n) is 13.0. The molecule has 2 heterocycles. The molecule has 0 bridgehead atoms. The molecule has 4 rings (SSSR count). The standard InChI is InChI=1S/C27H38N4O3S/c1-17-9-7-12-20(15-17)24(32)21-16-35-26(29-21)22-13-8-14-31(22)27(34)23(19-10-5-4-6-11-19)30-25(33)18(2)28-3/h7,9,12,15,18-19,21-23,28H,4-6,8,10-11,13-14,16H2,1-3H3,(H,30,33)/t18-,21?,22?,23-/m0/s1. The van der Waals surface area contributed by atoms with Crippen LogP contribution in [0.1, 0.15) is 67.8 Å². The van der Waals surface area contributed by atoms with Crippen LogP contribution in [0.15, 0.2) is 29.3 Å². The summed E-state index contributed by atoms with van der Waals surface area (Å²) in [7, 11) is 1.75. The molecule has 8 heteroatoms. The molecule has 190 valence electrons. The Morgan fingerprint density at radius 1 is 1.11 bits per heavy atom. The molecule has 2 amide bonds. The Hall–Kier alpha value is -2.19. The average Bonchev–Trinajstić information content (AvgIpc) is 3.56. The number of amides is 2. The maximum atomic E-state index is 13.9. The second-order valence-corrected chi connectivity index (χ2v) is 11.2. The summed E-state index contributed by atoms with van der Waals surface area (Å²) in [6, 6.07) is 6.28. The topological polar surface area (TPSA) is 90.9 Å². The van der Waals surface area contributed by atoms with Crippen molar-refractivity contribution in [1.29, 1.82) is 0 Å². The summed E-state index contributed by atoms with van der Waals surface area (Å²) in [5, 5.41) is 6.95. The van der Waals surface area contributed by atoms with Crippen molar-refractivity contribution in [1.82, 2.24) is 15.5 Å². The van der Waals surface area contributed by atoms with Gasteiger partial charge in [0.1, 0.15) is 12.1 Å². The number of aliphatic imine (C=N–C) groups is 1. The zero-order valence-electron chi connectivity index (χ0n) is 21.1. The van der Waals surface area contributed by atoms with Crippen molar-refractivity contribution in [3.05, 3.63) is 35.4 Å². The van der Waals surface area contributed by atoms with E-state index in [-0.39, 0.29) is 35.6 Å². The summed E-state index contributed by atoms with van der Waals surface area (Å²) >= 11 is 1.60. The minimum absolute atomic E-state index is 0.00723. The number of carbonyl (C=O) groups excluding carboxylic acids is 3. The molecule has 3 aliphatic rings. The zero-order chi connectivity index (χ0) is 24.9. The van der Waals surface area contributed by atoms with Crippen LogP contribution in [0, 0.1) is 12.8 Å². The SMILES string of the molecule is CN[C@@H](C)C(=O)N[C@H](C(=O)N1CCCC1C1=NC(C(=O)c2cccc(C)c2)CS1)C1CCCCC1. The van der Waals surface area contributed by atoms with Gasteiger partial charge in [0.05, 0.1) is 17.1 Å². The van der Waals surface area contributed by atoms with Crippen molar-refractivity contribution in [2.45, 2.75) is 83.0 Å². The molecule has 1 saturated carbocycles. The number of nitrogens with zero attached hydrogens (tertiary/aromatic N) is 2. The number of Topliss-reactive ketones (excluding diaryl/α,β-unsaturated/α-hetero) is 1. The zero-order valence-corrected chi connectivity index (χ0v) is 21.9. The second kappa shape index (κ2) is 11.7. The van der Waals surface area contributed by atoms with Crippen LogP contribution >= 0.6 is 11.8 Å². The first-order valence-corrected chi connectivity index (χ1v) is 14.0. The number of thioether (sulfide) groups is 1. The first-order chi connectivity index (χ1) is 16.9. The second-order valence-electron chi connectivity index (χ2n) is 10.1. The summed E-state index contributed by atoms with van der Waals surface area (Å²) in [4.78, 5) is 46.4. The molecule has 2 aliphatic heterocycles. The van der Waals surface area contributed by atoms with Gasteiger partial charge < -0.3 is 15.5 Å². The van der Waals surface area contributed by atoms with Crippen LogP contribution in [0.25, 0.3) is 0 Å². The van der Waals surface area contributed by atoms with Crippen LogP contribution in [0.2, 0.25) is 0 Å². The first kappa shape index (κ1) is 25.9. The molecule has 35 heavy (non-hydrogen) atoms. The highest BCUT2D eigenvalue weighted by Crippen LogP contribution is 2.33. The number of rotatable bonds is 8. The Morgan fingerprint density at radius 2 is 1.89 bits per heavy atom. The van der Waals surface area contributed by atoms with Gasteiger partial charge in [0.25, 0.3) is 0 Å². The molecule has 2 fully saturated rings. The number of hydrogen-bond acceptors (Lipinski definition) is 6. The maximum Gasteiger partial charge on any atom is 0.246 e. The van der Waals surface area contributed by atoms with Crippen molar-refractivity contribution < 1.29 is 14.4 Å². The van der Waals surface area contributed by atoms with Gasteiger partial charge >= 0.3 is 0 Å². The maximum absolute atomic E-state index is 13.9. The van der Waals surface area contributed by atoms with Gasteiger partial charge in [0, 0.05) is 17.9 Å². The van der Waals surface area contributed by atoms with Crippen molar-refractivity contribution in [2.24, 2.45) is 10.9 Å². The smallest absolute Gasteiger partial charge is 0.246 e. The van der Waals surface area contributed by atoms with Gasteiger partial charge in [-0.05, 0) is 58.6 Å². The lowest BCUT2D eigenvalue weighted by atomic mass is 9.83. The third-order valence-corrected chi connectivity index (χ3v) is 8.77. The molecule has 4 atom stereocenters. The Bertz CT molecular complexity index is 975. The Labute approximate surface area is 212 Å². The van der Waals surface area contributed by atoms with Crippen LogP contribution in [-0.4, -0.2) is 71.1 Å². The lowest BCUT2D eigenvalue weighted by molar-refractivity contribution is -0.138. The fourth-order valence-corrected chi connectivity index (χ4v) is 6.62. The molecule has 2 N–H and O–H groups in total. The fourth-order valence-electron chi connectivity index (χ4n) is 5.42. The highest BCUT2D eigenvalue weighted by molar-refractivity contribution is 8.14. The highest BCUT2D eigenvalue weighted by Gasteiger charge is 2.42. The summed E-state index contributed by atoms with van der Waals surface area (Å²) in [6.07, 6.45) is 7.07. The van der Waals surface area contributed by atoms with Gasteiger partial charge in [0.2, 0.25) is 11.8 Å². The number of hydrogen-bond donors (Lipinski definition) is 2. The Morgan fingerprint density at radius 3 is 2.60 bits per heavy atom. The summed E-state index contributed by atoms with van der Waals surface area (Å²) < 4.78 is 0. The molecule has 1 aromatic carbocycles. The fraction of sp³-hybridized carbons (Fsp3) is 0.630. The van der Waals surface area contributed by atoms with Gasteiger partial charge in [-0.25, -0.2) is 0 Å². The van der Waals surface area contributed by atoms with E-state index in [0.29, 0.717) is 17.9 Å². The minimum Gasteiger partial charge on any atom is -0.343 e. The molecule has 0 aromatic heterocycles. The van der Waals surface area contributed by atoms with Gasteiger partial charge in [-0.1, -0.05) is 43.0 Å². The molecule has 1 saturated heterocycles. The number of benzene rings is 1. The van der Waals surface area contributed by atoms with Crippen molar-refractivity contribution in [3.8, 4) is 0 Å². The molecule has 0 radical (unpaired) electrons. The third-order valence-electron chi connectivity index (χ3n) is 7.61. The van der Waals surface area contributed by atoms with E-state index in [2.05, 4.69) is 10.6 Å². The number of likely N-dealkylation sites (tertiary alicyclic amines) is 1. The van der Waals surface area contributed by atoms with E-state index in [4.69, 9.17) is 4.99 Å². The third kappa shape index (κ3) is 5.97. The lowest BCUT2D eigenvalue weighted by Gasteiger charge is -2.35. The van der Waals surface area contributed by atoms with Crippen LogP contribution in [0.5, 0.6) is 0 Å². The van der Waals surface area contributed by atoms with Crippen molar-refractivity contribution in [2.75, 3.05) is 19.3 Å². The normalized spacial score (nSPS) is 24.7. The molecule has 7 nitrogen and oxygen atoms in total. The molecule has 0 spiro atoms. The number of aryl methyl sites for hydroxylation is 1. The predicted molar refractivity (Wildman–Crippen MR) is 141 cm³/mol. The van der Waals surface area contributed by atoms with E-state index in [1.54, 1.807) is 18.8 Å². The van der Waals surface area contributed by atoms with E-state index in [0.717, 1.165) is 49.1 Å². The quantitative estimate of drug-likeness (QED) is 0.537. The van der Waals surface area contributed by atoms with E-state index in [9.17, 15) is 14.4 Å². The summed E-state index contributed by atoms with van der Waals surface area (Å²) in [6.45, 7) is 4.46. The molecular weight excluding hydrogens is 460 g/mol. The number of carbonyl (C=O) groups is 3. The van der Waals surface area contributed by atoms with Crippen LogP contribution in [-0.2, 0) is 9.59 Å². The van der Waals surface area contributed by atoms with Crippen LogP contribution in [0.3, 0.4) is 0 Å². The largest absolute Gasteiger partial charge is 0.343 e. The van der Waals surface area contributed by atoms with Crippen LogP contribution in [0.4, 0.5) is 0 Å². The minimum atomic E-state index is -0.504. The highest BCUT2D eigenvalue weighted by atomic mass is 32.2.